The highest BCUT2D eigenvalue weighted by atomic mass is 16.5. The molecule has 0 aromatic heterocycles. The lowest BCUT2D eigenvalue weighted by molar-refractivity contribution is 0.0954. The maximum absolute atomic E-state index is 12.9. The van der Waals surface area contributed by atoms with Gasteiger partial charge in [0.25, 0.3) is 5.91 Å². The molecule has 0 saturated heterocycles. The van der Waals surface area contributed by atoms with Gasteiger partial charge in [-0.1, -0.05) is 12.1 Å². The topological polar surface area (TPSA) is 66.0 Å². The van der Waals surface area contributed by atoms with Crippen LogP contribution in [0.15, 0.2) is 48.5 Å². The van der Waals surface area contributed by atoms with E-state index in [1.54, 1.807) is 20.3 Å². The lowest BCUT2D eigenvalue weighted by Gasteiger charge is -2.16. The van der Waals surface area contributed by atoms with Gasteiger partial charge in [-0.15, -0.1) is 0 Å². The molecule has 3 aromatic rings. The first-order valence-corrected chi connectivity index (χ1v) is 11.8. The van der Waals surface area contributed by atoms with E-state index in [1.807, 2.05) is 43.3 Å². The Morgan fingerprint density at radius 3 is 2.29 bits per heavy atom. The molecule has 186 valence electrons. The molecule has 0 heterocycles. The molecule has 35 heavy (non-hydrogen) atoms. The Morgan fingerprint density at radius 2 is 1.57 bits per heavy atom. The fourth-order valence-corrected chi connectivity index (χ4v) is 3.89. The van der Waals surface area contributed by atoms with Crippen LogP contribution in [0, 0.1) is 20.8 Å². The van der Waals surface area contributed by atoms with E-state index in [1.165, 1.54) is 5.56 Å². The van der Waals surface area contributed by atoms with Gasteiger partial charge in [0.2, 0.25) is 0 Å². The van der Waals surface area contributed by atoms with Gasteiger partial charge in [-0.3, -0.25) is 4.79 Å². The Balaban J connectivity index is 1.68. The highest BCUT2D eigenvalue weighted by molar-refractivity contribution is 5.94. The van der Waals surface area contributed by atoms with Gasteiger partial charge >= 0.3 is 0 Å². The molecular weight excluding hydrogens is 442 g/mol. The number of amides is 1. The highest BCUT2D eigenvalue weighted by Gasteiger charge is 2.13. The van der Waals surface area contributed by atoms with Gasteiger partial charge in [-0.25, -0.2) is 0 Å². The first kappa shape index (κ1) is 25.9. The number of hydrogen-bond donors (Lipinski definition) is 1. The minimum absolute atomic E-state index is 0.141. The normalized spacial score (nSPS) is 10.6. The van der Waals surface area contributed by atoms with Gasteiger partial charge in [-0.05, 0) is 92.8 Å². The number of carbonyl (C=O) groups excluding carboxylic acids is 1. The van der Waals surface area contributed by atoms with Gasteiger partial charge < -0.3 is 24.3 Å². The van der Waals surface area contributed by atoms with Gasteiger partial charge in [0.15, 0.2) is 11.5 Å². The Labute approximate surface area is 208 Å². The third-order valence-corrected chi connectivity index (χ3v) is 5.92. The summed E-state index contributed by atoms with van der Waals surface area (Å²) in [5, 5.41) is 3.00. The van der Waals surface area contributed by atoms with Crippen LogP contribution in [0.4, 0.5) is 0 Å². The van der Waals surface area contributed by atoms with Crippen LogP contribution in [0.1, 0.15) is 45.1 Å². The molecule has 6 heteroatoms. The van der Waals surface area contributed by atoms with E-state index in [2.05, 4.69) is 32.2 Å². The molecular formula is C29H35NO5. The lowest BCUT2D eigenvalue weighted by Crippen LogP contribution is -2.25. The second-order valence-corrected chi connectivity index (χ2v) is 8.44. The largest absolute Gasteiger partial charge is 0.493 e. The van der Waals surface area contributed by atoms with Crippen molar-refractivity contribution < 1.29 is 23.7 Å². The molecule has 0 bridgehead atoms. The predicted molar refractivity (Wildman–Crippen MR) is 138 cm³/mol. The molecule has 1 amide bonds. The number of methoxy groups -OCH3 is 2. The molecule has 0 saturated carbocycles. The third kappa shape index (κ3) is 6.69. The van der Waals surface area contributed by atoms with E-state index in [0.29, 0.717) is 43.2 Å². The van der Waals surface area contributed by atoms with E-state index < -0.39 is 0 Å². The van der Waals surface area contributed by atoms with Crippen molar-refractivity contribution in [1.82, 2.24) is 5.32 Å². The third-order valence-electron chi connectivity index (χ3n) is 5.92. The Bertz CT molecular complexity index is 1170. The number of ether oxygens (including phenoxy) is 4. The maximum Gasteiger partial charge on any atom is 0.251 e. The van der Waals surface area contributed by atoms with E-state index in [-0.39, 0.29) is 5.91 Å². The summed E-state index contributed by atoms with van der Waals surface area (Å²) in [5.74, 6) is 2.77. The molecule has 0 aliphatic rings. The van der Waals surface area contributed by atoms with Crippen LogP contribution in [0.3, 0.4) is 0 Å². The smallest absolute Gasteiger partial charge is 0.251 e. The number of carbonyl (C=O) groups is 1. The highest BCUT2D eigenvalue weighted by Crippen LogP contribution is 2.28. The summed E-state index contributed by atoms with van der Waals surface area (Å²) < 4.78 is 22.6. The van der Waals surface area contributed by atoms with E-state index in [4.69, 9.17) is 18.9 Å². The number of aryl methyl sites for hydroxylation is 2. The van der Waals surface area contributed by atoms with Crippen LogP contribution in [0.2, 0.25) is 0 Å². The molecule has 1 N–H and O–H groups in total. The zero-order valence-electron chi connectivity index (χ0n) is 21.5. The van der Waals surface area contributed by atoms with Crippen LogP contribution in [0.5, 0.6) is 23.0 Å². The minimum Gasteiger partial charge on any atom is -0.493 e. The summed E-state index contributed by atoms with van der Waals surface area (Å²) in [4.78, 5) is 12.9. The molecule has 0 aliphatic heterocycles. The number of rotatable bonds is 11. The monoisotopic (exact) mass is 477 g/mol. The van der Waals surface area contributed by atoms with Crippen molar-refractivity contribution in [2.24, 2.45) is 0 Å². The van der Waals surface area contributed by atoms with E-state index in [9.17, 15) is 4.79 Å². The summed E-state index contributed by atoms with van der Waals surface area (Å²) in [6, 6.07) is 15.4. The molecule has 0 unspecified atom stereocenters. The average molecular weight is 478 g/mol. The first-order chi connectivity index (χ1) is 16.9. The lowest BCUT2D eigenvalue weighted by atomic mass is 10.1. The van der Waals surface area contributed by atoms with Crippen molar-refractivity contribution in [3.63, 3.8) is 0 Å². The first-order valence-electron chi connectivity index (χ1n) is 11.8. The molecule has 3 aromatic carbocycles. The predicted octanol–water partition coefficient (Wildman–Crippen LogP) is 5.58. The van der Waals surface area contributed by atoms with Crippen LogP contribution >= 0.6 is 0 Å². The molecule has 0 aliphatic carbocycles. The number of nitrogens with one attached hydrogen (secondary N) is 1. The Hall–Kier alpha value is -3.67. The summed E-state index contributed by atoms with van der Waals surface area (Å²) in [6.45, 7) is 9.46. The summed E-state index contributed by atoms with van der Waals surface area (Å²) >= 11 is 0. The zero-order valence-corrected chi connectivity index (χ0v) is 21.5. The Morgan fingerprint density at radius 1 is 0.829 bits per heavy atom. The molecule has 0 atom stereocenters. The Kier molecular flexibility index (Phi) is 9.01. The van der Waals surface area contributed by atoms with Crippen molar-refractivity contribution in [1.29, 1.82) is 0 Å². The fourth-order valence-electron chi connectivity index (χ4n) is 3.89. The van der Waals surface area contributed by atoms with Gasteiger partial charge in [0.05, 0.1) is 20.8 Å². The number of hydrogen-bond acceptors (Lipinski definition) is 5. The van der Waals surface area contributed by atoms with E-state index in [0.717, 1.165) is 33.8 Å². The second kappa shape index (κ2) is 12.2. The van der Waals surface area contributed by atoms with Crippen molar-refractivity contribution in [2.75, 3.05) is 27.4 Å². The average Bonchev–Trinajstić information content (AvgIpc) is 2.85. The van der Waals surface area contributed by atoms with Crippen molar-refractivity contribution in [2.45, 2.75) is 40.7 Å². The van der Waals surface area contributed by atoms with Crippen molar-refractivity contribution in [3.05, 3.63) is 81.9 Å². The molecule has 0 spiro atoms. The molecule has 6 nitrogen and oxygen atoms in total. The summed E-state index contributed by atoms with van der Waals surface area (Å²) in [7, 11) is 3.22. The minimum atomic E-state index is -0.141. The number of benzene rings is 3. The van der Waals surface area contributed by atoms with Gasteiger partial charge in [-0.2, -0.15) is 0 Å². The van der Waals surface area contributed by atoms with Crippen LogP contribution in [-0.4, -0.2) is 33.3 Å². The van der Waals surface area contributed by atoms with Crippen LogP contribution < -0.4 is 24.3 Å². The summed E-state index contributed by atoms with van der Waals surface area (Å²) in [6.07, 6.45) is 0.672. The zero-order chi connectivity index (χ0) is 25.4. The fraction of sp³-hybridized carbons (Fsp3) is 0.345. The molecule has 0 radical (unpaired) electrons. The molecule has 3 rings (SSSR count). The van der Waals surface area contributed by atoms with Crippen molar-refractivity contribution in [3.8, 4) is 23.0 Å². The van der Waals surface area contributed by atoms with Crippen LogP contribution in [-0.2, 0) is 13.0 Å². The molecule has 0 fully saturated rings. The SMILES string of the molecule is CCOc1ccc(C(=O)NCCc2ccc(OC)c(OC)c2)cc1COc1cc(C)cc(C)c1C. The standard InChI is InChI=1S/C29H35NO5/c1-7-34-25-11-9-23(17-24(25)18-35-27-15-19(2)14-20(3)21(27)4)29(31)30-13-12-22-8-10-26(32-5)28(16-22)33-6/h8-11,14-17H,7,12-13,18H2,1-6H3,(H,30,31). The quantitative estimate of drug-likeness (QED) is 0.391. The van der Waals surface area contributed by atoms with Crippen molar-refractivity contribution >= 4 is 5.91 Å². The second-order valence-electron chi connectivity index (χ2n) is 8.44. The van der Waals surface area contributed by atoms with E-state index >= 15 is 0 Å². The summed E-state index contributed by atoms with van der Waals surface area (Å²) in [5.41, 5.74) is 5.89. The van der Waals surface area contributed by atoms with Gasteiger partial charge in [0, 0.05) is 17.7 Å². The maximum atomic E-state index is 12.9. The van der Waals surface area contributed by atoms with Gasteiger partial charge in [0.1, 0.15) is 18.1 Å². The van der Waals surface area contributed by atoms with Crippen LogP contribution in [0.25, 0.3) is 0 Å².